The van der Waals surface area contributed by atoms with Gasteiger partial charge in [0.2, 0.25) is 11.5 Å². The van der Waals surface area contributed by atoms with Crippen molar-refractivity contribution in [2.45, 2.75) is 11.4 Å². The average molecular weight is 506 g/mol. The van der Waals surface area contributed by atoms with Crippen molar-refractivity contribution >= 4 is 69.0 Å². The highest BCUT2D eigenvalue weighted by Gasteiger charge is 2.55. The zero-order valence-electron chi connectivity index (χ0n) is 16.8. The van der Waals surface area contributed by atoms with Gasteiger partial charge in [0.25, 0.3) is 11.8 Å². The lowest BCUT2D eigenvalue weighted by atomic mass is 9.99. The van der Waals surface area contributed by atoms with Crippen molar-refractivity contribution in [1.82, 2.24) is 24.6 Å². The topological polar surface area (TPSA) is 173 Å². The number of thiocarbonyl (C=S) groups is 1. The number of carboxylic acids is 1. The lowest BCUT2D eigenvalue weighted by Gasteiger charge is -2.49. The molecule has 4 N–H and O–H groups in total. The van der Waals surface area contributed by atoms with Gasteiger partial charge in [0, 0.05) is 40.8 Å². The largest absolute Gasteiger partial charge is 0.477 e. The first-order valence-corrected chi connectivity index (χ1v) is 11.4. The molecule has 2 aromatic heterocycles. The Labute approximate surface area is 200 Å². The molecule has 1 saturated heterocycles. The Morgan fingerprint density at radius 2 is 2.24 bits per heavy atom. The van der Waals surface area contributed by atoms with Gasteiger partial charge in [-0.15, -0.1) is 11.8 Å². The van der Waals surface area contributed by atoms with Gasteiger partial charge in [-0.1, -0.05) is 23.4 Å². The van der Waals surface area contributed by atoms with Crippen molar-refractivity contribution in [1.29, 1.82) is 0 Å². The second kappa shape index (κ2) is 9.21. The molecule has 0 aromatic carbocycles. The fourth-order valence-corrected chi connectivity index (χ4v) is 5.45. The molecule has 0 saturated carbocycles. The summed E-state index contributed by atoms with van der Waals surface area (Å²) in [4.78, 5) is 51.8. The quantitative estimate of drug-likeness (QED) is 0.152. The molecule has 33 heavy (non-hydrogen) atoms. The number of hydrogen-bond acceptors (Lipinski definition) is 12. The molecule has 170 valence electrons. The first-order chi connectivity index (χ1) is 15.8. The number of β-lactam (4-membered cyclic amide) rings is 1. The van der Waals surface area contributed by atoms with Crippen LogP contribution >= 0.6 is 35.5 Å². The number of nitrogen functional groups attached to an aromatic ring is 1. The van der Waals surface area contributed by atoms with E-state index < -0.39 is 29.2 Å². The highest BCUT2D eigenvalue weighted by atomic mass is 32.2. The number of hydrogen-bond donors (Lipinski definition) is 3. The fourth-order valence-electron chi connectivity index (χ4n) is 3.28. The van der Waals surface area contributed by atoms with Crippen molar-refractivity contribution in [2.75, 3.05) is 18.6 Å². The minimum atomic E-state index is -1.29. The summed E-state index contributed by atoms with van der Waals surface area (Å²) in [6.45, 7) is 0. The van der Waals surface area contributed by atoms with Gasteiger partial charge in [-0.05, 0) is 6.07 Å². The standard InChI is InChI=1S/C18H15N7O5S3/c1-30-23-9(13-22-18(19)33-24-13)14(26)21-10-15(27)25-11(17(28)29)8(6-32-16(10)25)12(31)7-3-2-4-20-5-7/h2-5,10,16H,6H2,1H3,(H,21,26)(H,28,29)(H2,19,22,24)/t10?,16-/m0/s1. The van der Waals surface area contributed by atoms with Gasteiger partial charge < -0.3 is 21.0 Å². The molecule has 2 aliphatic rings. The molecule has 2 atom stereocenters. The van der Waals surface area contributed by atoms with Gasteiger partial charge in [-0.3, -0.25) is 19.5 Å². The first kappa shape index (κ1) is 22.8. The highest BCUT2D eigenvalue weighted by molar-refractivity contribution is 8.00. The second-order valence-electron chi connectivity index (χ2n) is 6.64. The van der Waals surface area contributed by atoms with E-state index in [1.165, 1.54) is 25.1 Å². The summed E-state index contributed by atoms with van der Waals surface area (Å²) in [7, 11) is 1.24. The van der Waals surface area contributed by atoms with E-state index in [2.05, 4.69) is 24.8 Å². The number of nitrogens with one attached hydrogen (secondary N) is 1. The summed E-state index contributed by atoms with van der Waals surface area (Å²) in [6.07, 6.45) is 3.11. The number of aliphatic carboxylic acids is 1. The summed E-state index contributed by atoms with van der Waals surface area (Å²) >= 11 is 7.63. The van der Waals surface area contributed by atoms with E-state index in [1.54, 1.807) is 18.3 Å². The van der Waals surface area contributed by atoms with E-state index >= 15 is 0 Å². The fraction of sp³-hybridized carbons (Fsp3) is 0.222. The number of rotatable bonds is 7. The van der Waals surface area contributed by atoms with Crippen LogP contribution in [0.5, 0.6) is 0 Å². The monoisotopic (exact) mass is 505 g/mol. The molecule has 4 rings (SSSR count). The molecular weight excluding hydrogens is 490 g/mol. The Balaban J connectivity index is 1.57. The number of pyridine rings is 1. The Bertz CT molecular complexity index is 1210. The molecule has 4 heterocycles. The lowest BCUT2D eigenvalue weighted by Crippen LogP contribution is -2.71. The summed E-state index contributed by atoms with van der Waals surface area (Å²) < 4.78 is 3.93. The van der Waals surface area contributed by atoms with Crippen LogP contribution in [-0.4, -0.2) is 77.0 Å². The SMILES string of the molecule is CON=C(C(=O)NC1C(=O)N2C(C(=O)O)=C(C(=S)c3cccnc3)CS[C@@H]12)c1nsc(N)n1. The summed E-state index contributed by atoms with van der Waals surface area (Å²) in [5.41, 5.74) is 6.02. The molecule has 2 aliphatic heterocycles. The third-order valence-corrected chi connectivity index (χ3v) is 7.01. The minimum Gasteiger partial charge on any atom is -0.477 e. The van der Waals surface area contributed by atoms with Gasteiger partial charge in [-0.2, -0.15) is 9.36 Å². The maximum absolute atomic E-state index is 12.9. The average Bonchev–Trinajstić information content (AvgIpc) is 3.25. The van der Waals surface area contributed by atoms with Gasteiger partial charge in [0.15, 0.2) is 5.13 Å². The van der Waals surface area contributed by atoms with Crippen LogP contribution in [0.25, 0.3) is 0 Å². The van der Waals surface area contributed by atoms with Crippen LogP contribution in [0.4, 0.5) is 5.13 Å². The molecule has 0 aliphatic carbocycles. The zero-order valence-corrected chi connectivity index (χ0v) is 19.2. The van der Waals surface area contributed by atoms with Gasteiger partial charge in [0.05, 0.1) is 4.86 Å². The number of amides is 2. The summed E-state index contributed by atoms with van der Waals surface area (Å²) in [6, 6.07) is 2.42. The first-order valence-electron chi connectivity index (χ1n) is 9.21. The van der Waals surface area contributed by atoms with E-state index in [-0.39, 0.29) is 28.1 Å². The van der Waals surface area contributed by atoms with Crippen LogP contribution in [0.15, 0.2) is 41.0 Å². The molecule has 1 fully saturated rings. The predicted molar refractivity (Wildman–Crippen MR) is 123 cm³/mol. The third kappa shape index (κ3) is 4.17. The molecule has 0 bridgehead atoms. The van der Waals surface area contributed by atoms with Crippen LogP contribution in [0, 0.1) is 0 Å². The Kier molecular flexibility index (Phi) is 6.35. The van der Waals surface area contributed by atoms with Crippen molar-refractivity contribution in [3.63, 3.8) is 0 Å². The third-order valence-electron chi connectivity index (χ3n) is 4.71. The number of oxime groups is 1. The Morgan fingerprint density at radius 3 is 2.85 bits per heavy atom. The number of anilines is 1. The number of carboxylic acid groups (broad SMARTS) is 1. The number of carbonyl (C=O) groups is 3. The van der Waals surface area contributed by atoms with E-state index in [0.717, 1.165) is 16.4 Å². The van der Waals surface area contributed by atoms with E-state index in [9.17, 15) is 19.5 Å². The number of aromatic nitrogens is 3. The summed E-state index contributed by atoms with van der Waals surface area (Å²) in [5.74, 6) is -2.45. The Morgan fingerprint density at radius 1 is 1.45 bits per heavy atom. The van der Waals surface area contributed by atoms with Crippen LogP contribution < -0.4 is 11.1 Å². The minimum absolute atomic E-state index is 0.0491. The number of thioether (sulfide) groups is 1. The molecule has 0 spiro atoms. The number of carbonyl (C=O) groups excluding carboxylic acids is 2. The van der Waals surface area contributed by atoms with E-state index in [4.69, 9.17) is 22.8 Å². The number of fused-ring (bicyclic) bond motifs is 1. The predicted octanol–water partition coefficient (Wildman–Crippen LogP) is 0.0226. The van der Waals surface area contributed by atoms with Crippen molar-refractivity contribution < 1.29 is 24.3 Å². The zero-order chi connectivity index (χ0) is 23.7. The maximum atomic E-state index is 12.9. The van der Waals surface area contributed by atoms with E-state index in [0.29, 0.717) is 16.0 Å². The van der Waals surface area contributed by atoms with Gasteiger partial charge in [-0.25, -0.2) is 4.79 Å². The van der Waals surface area contributed by atoms with Crippen molar-refractivity contribution in [3.8, 4) is 0 Å². The highest BCUT2D eigenvalue weighted by Crippen LogP contribution is 2.41. The normalized spacial score (nSPS) is 20.1. The molecule has 2 aromatic rings. The number of nitrogens with two attached hydrogens (primary N) is 1. The molecule has 15 heteroatoms. The molecule has 0 radical (unpaired) electrons. The molecular formula is C18H15N7O5S3. The number of nitrogens with zero attached hydrogens (tertiary/aromatic N) is 5. The van der Waals surface area contributed by atoms with Gasteiger partial charge in [0.1, 0.15) is 24.2 Å². The molecule has 2 amide bonds. The van der Waals surface area contributed by atoms with Gasteiger partial charge >= 0.3 is 5.97 Å². The van der Waals surface area contributed by atoms with Crippen LogP contribution in [0.3, 0.4) is 0 Å². The smallest absolute Gasteiger partial charge is 0.353 e. The summed E-state index contributed by atoms with van der Waals surface area (Å²) in [5, 5.41) is 15.5. The van der Waals surface area contributed by atoms with Crippen LogP contribution in [-0.2, 0) is 19.2 Å². The van der Waals surface area contributed by atoms with Crippen molar-refractivity contribution in [3.05, 3.63) is 47.2 Å². The van der Waals surface area contributed by atoms with Crippen LogP contribution in [0.2, 0.25) is 0 Å². The van der Waals surface area contributed by atoms with Crippen molar-refractivity contribution in [2.24, 2.45) is 5.16 Å². The molecule has 1 unspecified atom stereocenters. The van der Waals surface area contributed by atoms with Crippen LogP contribution in [0.1, 0.15) is 11.4 Å². The maximum Gasteiger partial charge on any atom is 0.353 e. The second-order valence-corrected chi connectivity index (χ2v) is 8.94. The van der Waals surface area contributed by atoms with E-state index in [1.807, 2.05) is 0 Å². The Hall–Kier alpha value is -3.43. The molecule has 12 nitrogen and oxygen atoms in total. The lowest BCUT2D eigenvalue weighted by molar-refractivity contribution is -0.150.